The number of benzene rings is 1. The van der Waals surface area contributed by atoms with E-state index in [1.807, 2.05) is 18.2 Å². The molecule has 0 radical (unpaired) electrons. The van der Waals surface area contributed by atoms with Gasteiger partial charge in [-0.1, -0.05) is 28.9 Å². The van der Waals surface area contributed by atoms with Gasteiger partial charge >= 0.3 is 0 Å². The summed E-state index contributed by atoms with van der Waals surface area (Å²) in [5, 5.41) is 3.94. The molecule has 1 amide bonds. The SMILES string of the molecule is CC(CCBr)CCOc1ccc2c(c1)NC(=O)CC2. The van der Waals surface area contributed by atoms with Crippen LogP contribution in [0.4, 0.5) is 5.69 Å². The molecule has 1 aromatic carbocycles. The van der Waals surface area contributed by atoms with E-state index in [9.17, 15) is 4.79 Å². The van der Waals surface area contributed by atoms with Crippen LogP contribution in [-0.2, 0) is 11.2 Å². The molecule has 2 rings (SSSR count). The van der Waals surface area contributed by atoms with E-state index < -0.39 is 0 Å². The maximum absolute atomic E-state index is 11.4. The van der Waals surface area contributed by atoms with Crippen molar-refractivity contribution in [3.05, 3.63) is 23.8 Å². The molecule has 0 bridgehead atoms. The van der Waals surface area contributed by atoms with E-state index in [0.29, 0.717) is 12.3 Å². The van der Waals surface area contributed by atoms with Gasteiger partial charge in [-0.15, -0.1) is 0 Å². The molecular formula is C15H20BrNO2. The molecule has 0 aliphatic carbocycles. The van der Waals surface area contributed by atoms with E-state index >= 15 is 0 Å². The van der Waals surface area contributed by atoms with Crippen LogP contribution >= 0.6 is 15.9 Å². The van der Waals surface area contributed by atoms with Gasteiger partial charge in [-0.2, -0.15) is 0 Å². The van der Waals surface area contributed by atoms with E-state index in [4.69, 9.17) is 4.74 Å². The molecule has 1 heterocycles. The fourth-order valence-electron chi connectivity index (χ4n) is 2.15. The van der Waals surface area contributed by atoms with Gasteiger partial charge < -0.3 is 10.1 Å². The molecule has 104 valence electrons. The summed E-state index contributed by atoms with van der Waals surface area (Å²) in [6.07, 6.45) is 3.62. The van der Waals surface area contributed by atoms with Crippen molar-refractivity contribution in [2.75, 3.05) is 17.3 Å². The molecular weight excluding hydrogens is 306 g/mol. The number of nitrogens with one attached hydrogen (secondary N) is 1. The van der Waals surface area contributed by atoms with Gasteiger partial charge in [0.15, 0.2) is 0 Å². The minimum absolute atomic E-state index is 0.0931. The summed E-state index contributed by atoms with van der Waals surface area (Å²) in [6.45, 7) is 2.96. The molecule has 0 saturated heterocycles. The van der Waals surface area contributed by atoms with E-state index in [-0.39, 0.29) is 5.91 Å². The number of fused-ring (bicyclic) bond motifs is 1. The molecule has 1 aromatic rings. The van der Waals surface area contributed by atoms with Crippen molar-refractivity contribution in [2.45, 2.75) is 32.6 Å². The Kier molecular flexibility index (Phi) is 5.25. The summed E-state index contributed by atoms with van der Waals surface area (Å²) < 4.78 is 5.76. The molecule has 0 spiro atoms. The molecule has 1 aliphatic heterocycles. The van der Waals surface area contributed by atoms with Crippen molar-refractivity contribution >= 4 is 27.5 Å². The topological polar surface area (TPSA) is 38.3 Å². The number of anilines is 1. The second kappa shape index (κ2) is 6.94. The van der Waals surface area contributed by atoms with Crippen LogP contribution in [0.5, 0.6) is 5.75 Å². The highest BCUT2D eigenvalue weighted by molar-refractivity contribution is 9.09. The standard InChI is InChI=1S/C15H20BrNO2/c1-11(6-8-16)7-9-19-13-4-2-12-3-5-15(18)17-14(12)10-13/h2,4,10-11H,3,5-9H2,1H3,(H,17,18). The first-order chi connectivity index (χ1) is 9.19. The van der Waals surface area contributed by atoms with Crippen molar-refractivity contribution in [2.24, 2.45) is 5.92 Å². The summed E-state index contributed by atoms with van der Waals surface area (Å²) in [7, 11) is 0. The molecule has 4 heteroatoms. The fraction of sp³-hybridized carbons (Fsp3) is 0.533. The summed E-state index contributed by atoms with van der Waals surface area (Å²) in [6, 6.07) is 5.97. The maximum atomic E-state index is 11.4. The van der Waals surface area contributed by atoms with Crippen LogP contribution in [-0.4, -0.2) is 17.8 Å². The number of carbonyl (C=O) groups is 1. The number of carbonyl (C=O) groups excluding carboxylic acids is 1. The molecule has 19 heavy (non-hydrogen) atoms. The number of hydrogen-bond donors (Lipinski definition) is 1. The largest absolute Gasteiger partial charge is 0.494 e. The number of aryl methyl sites for hydroxylation is 1. The van der Waals surface area contributed by atoms with Crippen LogP contribution < -0.4 is 10.1 Å². The zero-order valence-corrected chi connectivity index (χ0v) is 12.8. The molecule has 1 aliphatic rings. The van der Waals surface area contributed by atoms with Crippen LogP contribution in [0.15, 0.2) is 18.2 Å². The van der Waals surface area contributed by atoms with Crippen molar-refractivity contribution in [3.8, 4) is 5.75 Å². The highest BCUT2D eigenvalue weighted by Gasteiger charge is 2.15. The first-order valence-electron chi connectivity index (χ1n) is 6.80. The number of ether oxygens (including phenoxy) is 1. The van der Waals surface area contributed by atoms with Crippen LogP contribution in [0.1, 0.15) is 31.7 Å². The lowest BCUT2D eigenvalue weighted by molar-refractivity contribution is -0.116. The maximum Gasteiger partial charge on any atom is 0.224 e. The number of hydrogen-bond acceptors (Lipinski definition) is 2. The average molecular weight is 326 g/mol. The monoisotopic (exact) mass is 325 g/mol. The predicted molar refractivity (Wildman–Crippen MR) is 81.1 cm³/mol. The van der Waals surface area contributed by atoms with Crippen LogP contribution in [0, 0.1) is 5.92 Å². The predicted octanol–water partition coefficient (Wildman–Crippen LogP) is 3.76. The van der Waals surface area contributed by atoms with Crippen molar-refractivity contribution in [3.63, 3.8) is 0 Å². The fourth-order valence-corrected chi connectivity index (χ4v) is 2.93. The van der Waals surface area contributed by atoms with Crippen LogP contribution in [0.2, 0.25) is 0 Å². The van der Waals surface area contributed by atoms with Crippen LogP contribution in [0.25, 0.3) is 0 Å². The van der Waals surface area contributed by atoms with E-state index in [1.165, 1.54) is 12.0 Å². The second-order valence-electron chi connectivity index (χ2n) is 5.09. The molecule has 3 nitrogen and oxygen atoms in total. The van der Waals surface area contributed by atoms with Crippen molar-refractivity contribution in [1.82, 2.24) is 0 Å². The normalized spacial score (nSPS) is 15.6. The lowest BCUT2D eigenvalue weighted by Crippen LogP contribution is -2.18. The Morgan fingerprint density at radius 2 is 2.21 bits per heavy atom. The zero-order valence-electron chi connectivity index (χ0n) is 11.2. The van der Waals surface area contributed by atoms with Gasteiger partial charge in [0, 0.05) is 23.5 Å². The summed E-state index contributed by atoms with van der Waals surface area (Å²) in [5.41, 5.74) is 2.10. The van der Waals surface area contributed by atoms with Gasteiger partial charge in [0.25, 0.3) is 0 Å². The summed E-state index contributed by atoms with van der Waals surface area (Å²) >= 11 is 3.45. The smallest absolute Gasteiger partial charge is 0.224 e. The quantitative estimate of drug-likeness (QED) is 0.809. The molecule has 0 saturated carbocycles. The van der Waals surface area contributed by atoms with Gasteiger partial charge in [-0.05, 0) is 36.8 Å². The third-order valence-corrected chi connectivity index (χ3v) is 3.92. The number of amides is 1. The number of halogens is 1. The first kappa shape index (κ1) is 14.4. The molecule has 1 N–H and O–H groups in total. The van der Waals surface area contributed by atoms with E-state index in [1.54, 1.807) is 0 Å². The van der Waals surface area contributed by atoms with Gasteiger partial charge in [-0.25, -0.2) is 0 Å². The van der Waals surface area contributed by atoms with Gasteiger partial charge in [0.2, 0.25) is 5.91 Å². The van der Waals surface area contributed by atoms with Crippen molar-refractivity contribution < 1.29 is 9.53 Å². The Labute approximate surface area is 122 Å². The summed E-state index contributed by atoms with van der Waals surface area (Å²) in [5.74, 6) is 1.60. The molecule has 1 unspecified atom stereocenters. The van der Waals surface area contributed by atoms with Crippen molar-refractivity contribution in [1.29, 1.82) is 0 Å². The Morgan fingerprint density at radius 3 is 3.00 bits per heavy atom. The number of rotatable bonds is 6. The van der Waals surface area contributed by atoms with Gasteiger partial charge in [-0.3, -0.25) is 4.79 Å². The minimum atomic E-state index is 0.0931. The second-order valence-corrected chi connectivity index (χ2v) is 5.88. The number of alkyl halides is 1. The Bertz CT molecular complexity index is 448. The van der Waals surface area contributed by atoms with E-state index in [2.05, 4.69) is 28.2 Å². The van der Waals surface area contributed by atoms with Gasteiger partial charge in [0.1, 0.15) is 5.75 Å². The average Bonchev–Trinajstić information content (AvgIpc) is 2.38. The molecule has 0 aromatic heterocycles. The Balaban J connectivity index is 1.88. The lowest BCUT2D eigenvalue weighted by atomic mass is 10.0. The van der Waals surface area contributed by atoms with Crippen LogP contribution in [0.3, 0.4) is 0 Å². The summed E-state index contributed by atoms with van der Waals surface area (Å²) in [4.78, 5) is 11.4. The van der Waals surface area contributed by atoms with Gasteiger partial charge in [0.05, 0.1) is 6.61 Å². The Hall–Kier alpha value is -1.03. The molecule has 1 atom stereocenters. The highest BCUT2D eigenvalue weighted by Crippen LogP contribution is 2.27. The minimum Gasteiger partial charge on any atom is -0.494 e. The third-order valence-electron chi connectivity index (χ3n) is 3.46. The first-order valence-corrected chi connectivity index (χ1v) is 7.92. The lowest BCUT2D eigenvalue weighted by Gasteiger charge is -2.18. The van der Waals surface area contributed by atoms with E-state index in [0.717, 1.165) is 36.2 Å². The highest BCUT2D eigenvalue weighted by atomic mass is 79.9. The Morgan fingerprint density at radius 1 is 1.37 bits per heavy atom. The zero-order chi connectivity index (χ0) is 13.7. The third kappa shape index (κ3) is 4.23. The molecule has 0 fully saturated rings.